The molecule has 11 nitrogen and oxygen atoms in total. The summed E-state index contributed by atoms with van der Waals surface area (Å²) < 4.78 is 36.3. The average Bonchev–Trinajstić information content (AvgIpc) is 2.98. The predicted molar refractivity (Wildman–Crippen MR) is 172 cm³/mol. The van der Waals surface area contributed by atoms with E-state index in [0.717, 1.165) is 11.1 Å². The van der Waals surface area contributed by atoms with E-state index < -0.39 is 57.0 Å². The number of benzene rings is 2. The number of hydrogen-bond acceptors (Lipinski definition) is 10. The number of ketones is 1. The Labute approximate surface area is 272 Å². The third-order valence-electron chi connectivity index (χ3n) is 8.00. The number of nitrogens with one attached hydrogen (secondary N) is 1. The van der Waals surface area contributed by atoms with Crippen LogP contribution in [0.2, 0.25) is 18.1 Å². The fraction of sp³-hybridized carbons (Fsp3) is 0.529. The minimum atomic E-state index is -2.56. The first-order valence-corrected chi connectivity index (χ1v) is 18.4. The van der Waals surface area contributed by atoms with Crippen LogP contribution in [-0.4, -0.2) is 69.4 Å². The molecule has 1 aliphatic heterocycles. The van der Waals surface area contributed by atoms with Crippen LogP contribution in [0.5, 0.6) is 0 Å². The van der Waals surface area contributed by atoms with Gasteiger partial charge in [-0.2, -0.15) is 0 Å². The van der Waals surface area contributed by atoms with Crippen LogP contribution in [0.4, 0.5) is 4.79 Å². The highest BCUT2D eigenvalue weighted by Gasteiger charge is 2.54. The molecule has 0 saturated carbocycles. The molecule has 1 N–H and O–H groups in total. The Balaban J connectivity index is 1.96. The Bertz CT molecular complexity index is 1300. The molecule has 0 radical (unpaired) electrons. The standard InChI is InChI=1S/C34H47NO10Si/c1-23(36)18-19-28(38)44-30-27(22-40-20-25-14-10-8-11-15-25)43-32(45-46(6,7)34(3,4)5)29(31(30)42-24(2)37)35-33(39)41-21-26-16-12-9-13-17-26/h8-17,27,29-32H,18-22H2,1-7H3,(H,35,39)/t27-,29-,30-,31+,32+/m1/s1. The molecular formula is C34H47NO10Si. The second kappa shape index (κ2) is 16.8. The minimum absolute atomic E-state index is 0.00828. The molecule has 0 spiro atoms. The van der Waals surface area contributed by atoms with E-state index in [1.54, 1.807) is 0 Å². The van der Waals surface area contributed by atoms with Crippen molar-refractivity contribution in [3.63, 3.8) is 0 Å². The third kappa shape index (κ3) is 11.3. The van der Waals surface area contributed by atoms with Crippen LogP contribution in [0.15, 0.2) is 60.7 Å². The zero-order valence-electron chi connectivity index (χ0n) is 27.8. The first-order valence-electron chi connectivity index (χ1n) is 15.4. The Morgan fingerprint density at radius 3 is 1.96 bits per heavy atom. The van der Waals surface area contributed by atoms with Crippen LogP contribution in [-0.2, 0) is 55.7 Å². The highest BCUT2D eigenvalue weighted by atomic mass is 28.4. The summed E-state index contributed by atoms with van der Waals surface area (Å²) >= 11 is 0. The van der Waals surface area contributed by atoms with Gasteiger partial charge in [0.05, 0.1) is 19.6 Å². The lowest BCUT2D eigenvalue weighted by atomic mass is 9.96. The van der Waals surface area contributed by atoms with Crippen molar-refractivity contribution >= 4 is 32.1 Å². The van der Waals surface area contributed by atoms with Gasteiger partial charge in [0, 0.05) is 13.3 Å². The summed E-state index contributed by atoms with van der Waals surface area (Å²) in [6.07, 6.45) is -5.54. The summed E-state index contributed by atoms with van der Waals surface area (Å²) in [5, 5.41) is 2.52. The summed E-state index contributed by atoms with van der Waals surface area (Å²) in [6.45, 7) is 13.0. The van der Waals surface area contributed by atoms with E-state index in [9.17, 15) is 19.2 Å². The van der Waals surface area contributed by atoms with Gasteiger partial charge in [-0.15, -0.1) is 0 Å². The maximum atomic E-state index is 13.2. The van der Waals surface area contributed by atoms with Gasteiger partial charge in [-0.05, 0) is 36.2 Å². The van der Waals surface area contributed by atoms with E-state index in [1.165, 1.54) is 13.8 Å². The fourth-order valence-electron chi connectivity index (χ4n) is 4.49. The van der Waals surface area contributed by atoms with E-state index in [0.29, 0.717) is 0 Å². The molecule has 1 amide bonds. The van der Waals surface area contributed by atoms with E-state index in [1.807, 2.05) is 73.8 Å². The smallest absolute Gasteiger partial charge is 0.407 e. The van der Waals surface area contributed by atoms with E-state index in [2.05, 4.69) is 26.1 Å². The molecule has 252 valence electrons. The van der Waals surface area contributed by atoms with Gasteiger partial charge in [0.15, 0.2) is 26.8 Å². The molecule has 0 aliphatic carbocycles. The van der Waals surface area contributed by atoms with Crippen LogP contribution in [0, 0.1) is 0 Å². The van der Waals surface area contributed by atoms with E-state index in [-0.39, 0.29) is 43.5 Å². The Morgan fingerprint density at radius 1 is 0.826 bits per heavy atom. The summed E-state index contributed by atoms with van der Waals surface area (Å²) in [4.78, 5) is 50.3. The number of Topliss-reactive ketones (excluding diaryl/α,β-unsaturated/α-hetero) is 1. The van der Waals surface area contributed by atoms with Crippen molar-refractivity contribution in [2.75, 3.05) is 6.61 Å². The quantitative estimate of drug-likeness (QED) is 0.159. The second-order valence-electron chi connectivity index (χ2n) is 12.9. The largest absolute Gasteiger partial charge is 0.456 e. The SMILES string of the molecule is CC(=O)CCC(=O)O[C@H]1[C@@H](OC(C)=O)[C@@H](NC(=O)OCc2ccccc2)[C@H](O[Si](C)(C)C(C)(C)C)O[C@@H]1COCc1ccccc1. The number of carbonyl (C=O) groups is 4. The molecule has 3 rings (SSSR count). The first-order chi connectivity index (χ1) is 21.7. The number of rotatable bonds is 14. The van der Waals surface area contributed by atoms with E-state index >= 15 is 0 Å². The van der Waals surface area contributed by atoms with Gasteiger partial charge in [-0.25, -0.2) is 4.79 Å². The molecule has 5 atom stereocenters. The van der Waals surface area contributed by atoms with E-state index in [4.69, 9.17) is 28.1 Å². The van der Waals surface area contributed by atoms with Gasteiger partial charge in [0.25, 0.3) is 0 Å². The molecule has 1 heterocycles. The van der Waals surface area contributed by atoms with Gasteiger partial charge >= 0.3 is 18.0 Å². The van der Waals surface area contributed by atoms with Crippen LogP contribution >= 0.6 is 0 Å². The molecule has 0 unspecified atom stereocenters. The monoisotopic (exact) mass is 657 g/mol. The molecule has 1 aliphatic rings. The maximum Gasteiger partial charge on any atom is 0.407 e. The van der Waals surface area contributed by atoms with Crippen molar-refractivity contribution in [1.29, 1.82) is 0 Å². The lowest BCUT2D eigenvalue weighted by Gasteiger charge is -2.48. The molecule has 1 fully saturated rings. The third-order valence-corrected chi connectivity index (χ3v) is 12.4. The lowest BCUT2D eigenvalue weighted by Crippen LogP contribution is -2.68. The summed E-state index contributed by atoms with van der Waals surface area (Å²) in [5.74, 6) is -1.54. The Hall–Kier alpha value is -3.58. The zero-order chi connectivity index (χ0) is 33.9. The van der Waals surface area contributed by atoms with Crippen LogP contribution < -0.4 is 5.32 Å². The number of ether oxygens (including phenoxy) is 5. The highest BCUT2D eigenvalue weighted by Crippen LogP contribution is 2.39. The van der Waals surface area contributed by atoms with Crippen molar-refractivity contribution in [1.82, 2.24) is 5.32 Å². The van der Waals surface area contributed by atoms with Gasteiger partial charge in [0.2, 0.25) is 0 Å². The molecule has 2 aromatic carbocycles. The summed E-state index contributed by atoms with van der Waals surface area (Å²) in [5.41, 5.74) is 1.69. The van der Waals surface area contributed by atoms with Crippen molar-refractivity contribution in [3.8, 4) is 0 Å². The molecular weight excluding hydrogens is 610 g/mol. The summed E-state index contributed by atoms with van der Waals surface area (Å²) in [6, 6.07) is 17.5. The predicted octanol–water partition coefficient (Wildman–Crippen LogP) is 5.46. The fourth-order valence-corrected chi connectivity index (χ4v) is 5.63. The van der Waals surface area contributed by atoms with Crippen molar-refractivity contribution in [2.45, 2.75) is 109 Å². The van der Waals surface area contributed by atoms with Crippen LogP contribution in [0.3, 0.4) is 0 Å². The Morgan fingerprint density at radius 2 is 1.41 bits per heavy atom. The highest BCUT2D eigenvalue weighted by molar-refractivity contribution is 6.74. The minimum Gasteiger partial charge on any atom is -0.456 e. The topological polar surface area (TPSA) is 136 Å². The van der Waals surface area contributed by atoms with Crippen LogP contribution in [0.25, 0.3) is 0 Å². The van der Waals surface area contributed by atoms with Gasteiger partial charge in [-0.1, -0.05) is 81.4 Å². The first kappa shape index (κ1) is 36.9. The van der Waals surface area contributed by atoms with Crippen molar-refractivity contribution in [2.24, 2.45) is 0 Å². The van der Waals surface area contributed by atoms with Gasteiger partial charge in [-0.3, -0.25) is 9.59 Å². The van der Waals surface area contributed by atoms with Crippen LogP contribution in [0.1, 0.15) is 58.6 Å². The van der Waals surface area contributed by atoms with Gasteiger partial charge < -0.3 is 38.2 Å². The molecule has 0 aromatic heterocycles. The van der Waals surface area contributed by atoms with Gasteiger partial charge in [0.1, 0.15) is 24.5 Å². The van der Waals surface area contributed by atoms with Crippen molar-refractivity contribution < 1.29 is 47.3 Å². The average molecular weight is 658 g/mol. The van der Waals surface area contributed by atoms with Crippen molar-refractivity contribution in [3.05, 3.63) is 71.8 Å². The molecule has 12 heteroatoms. The molecule has 46 heavy (non-hydrogen) atoms. The number of alkyl carbamates (subject to hydrolysis) is 1. The molecule has 1 saturated heterocycles. The molecule has 2 aromatic rings. The number of amides is 1. The maximum absolute atomic E-state index is 13.2. The second-order valence-corrected chi connectivity index (χ2v) is 17.6. The number of carbonyl (C=O) groups excluding carboxylic acids is 4. The lowest BCUT2D eigenvalue weighted by molar-refractivity contribution is -0.261. The Kier molecular flexibility index (Phi) is 13.5. The summed E-state index contributed by atoms with van der Waals surface area (Å²) in [7, 11) is -2.56. The normalized spacial score (nSPS) is 21.6. The number of esters is 2. The number of hydrogen-bond donors (Lipinski definition) is 1. The zero-order valence-corrected chi connectivity index (χ0v) is 28.8. The molecule has 0 bridgehead atoms.